The van der Waals surface area contributed by atoms with Crippen LogP contribution in [0.3, 0.4) is 0 Å². The van der Waals surface area contributed by atoms with E-state index in [-0.39, 0.29) is 0 Å². The van der Waals surface area contributed by atoms with Crippen molar-refractivity contribution < 1.29 is 8.42 Å². The first-order chi connectivity index (χ1) is 14.2. The van der Waals surface area contributed by atoms with E-state index in [1.54, 1.807) is 18.3 Å². The number of benzene rings is 1. The summed E-state index contributed by atoms with van der Waals surface area (Å²) in [7, 11) is -1.94. The van der Waals surface area contributed by atoms with Gasteiger partial charge < -0.3 is 5.73 Å². The molecule has 0 spiro atoms. The molecule has 0 fully saturated rings. The van der Waals surface area contributed by atoms with E-state index >= 15 is 0 Å². The van der Waals surface area contributed by atoms with Gasteiger partial charge in [-0.05, 0) is 41.5 Å². The lowest BCUT2D eigenvalue weighted by Gasteiger charge is -2.15. The molecule has 152 valence electrons. The predicted octanol–water partition coefficient (Wildman–Crippen LogP) is 3.49. The molecule has 0 amide bonds. The molecule has 0 unspecified atom stereocenters. The van der Waals surface area contributed by atoms with Crippen LogP contribution in [0.1, 0.15) is 0 Å². The average Bonchev–Trinajstić information content (AvgIpc) is 2.72. The average molecular weight is 485 g/mol. The molecule has 0 saturated heterocycles. The van der Waals surface area contributed by atoms with Crippen LogP contribution in [0.5, 0.6) is 0 Å². The third-order valence-electron chi connectivity index (χ3n) is 4.63. The van der Waals surface area contributed by atoms with E-state index < -0.39 is 10.0 Å². The number of fused-ring (bicyclic) bond motifs is 1. The van der Waals surface area contributed by atoms with Crippen molar-refractivity contribution in [2.24, 2.45) is 0 Å². The fourth-order valence-corrected chi connectivity index (χ4v) is 3.86. The van der Waals surface area contributed by atoms with E-state index in [0.29, 0.717) is 28.4 Å². The van der Waals surface area contributed by atoms with Crippen molar-refractivity contribution in [2.45, 2.75) is 0 Å². The van der Waals surface area contributed by atoms with Gasteiger partial charge in [0.2, 0.25) is 10.0 Å². The van der Waals surface area contributed by atoms with Gasteiger partial charge in [-0.1, -0.05) is 28.1 Å². The van der Waals surface area contributed by atoms with E-state index in [1.807, 2.05) is 30.3 Å². The fourth-order valence-electron chi connectivity index (χ4n) is 3.01. The number of pyridine rings is 2. The molecule has 4 aromatic rings. The first kappa shape index (κ1) is 20.2. The minimum absolute atomic E-state index is 0.320. The molecule has 0 bridgehead atoms. The van der Waals surface area contributed by atoms with Crippen LogP contribution in [0.2, 0.25) is 0 Å². The Labute approximate surface area is 182 Å². The van der Waals surface area contributed by atoms with E-state index in [0.717, 1.165) is 31.7 Å². The number of hydrogen-bond donors (Lipinski definition) is 1. The highest BCUT2D eigenvalue weighted by atomic mass is 79.9. The molecule has 0 aliphatic carbocycles. The summed E-state index contributed by atoms with van der Waals surface area (Å²) in [5.41, 5.74) is 9.73. The van der Waals surface area contributed by atoms with Crippen LogP contribution >= 0.6 is 15.9 Å². The van der Waals surface area contributed by atoms with Gasteiger partial charge >= 0.3 is 0 Å². The Hall–Kier alpha value is -3.11. The highest BCUT2D eigenvalue weighted by Gasteiger charge is 2.16. The summed E-state index contributed by atoms with van der Waals surface area (Å²) in [4.78, 5) is 17.3. The van der Waals surface area contributed by atoms with Crippen LogP contribution < -0.4 is 10.0 Å². The second-order valence-electron chi connectivity index (χ2n) is 6.66. The molecule has 1 aromatic carbocycles. The number of nitrogens with zero attached hydrogens (tertiary/aromatic N) is 5. The zero-order valence-electron chi connectivity index (χ0n) is 16.1. The fraction of sp³-hybridized carbons (Fsp3) is 0.100. The number of nitrogens with two attached hydrogens (primary N) is 1. The van der Waals surface area contributed by atoms with Crippen LogP contribution in [0.4, 0.5) is 11.6 Å². The Balaban J connectivity index is 1.89. The Bertz CT molecular complexity index is 1360. The lowest BCUT2D eigenvalue weighted by Crippen LogP contribution is -2.25. The van der Waals surface area contributed by atoms with E-state index in [1.165, 1.54) is 13.4 Å². The molecule has 0 aliphatic heterocycles. The SMILES string of the molecule is CN(c1ccc(-c2cc(-c3cccc(Br)c3)c3c(N)ncnc3n2)cn1)S(C)(=O)=O. The van der Waals surface area contributed by atoms with Crippen molar-refractivity contribution in [3.63, 3.8) is 0 Å². The lowest BCUT2D eigenvalue weighted by molar-refractivity contribution is 0.600. The Kier molecular flexibility index (Phi) is 5.12. The summed E-state index contributed by atoms with van der Waals surface area (Å²) in [5.74, 6) is 0.665. The zero-order chi connectivity index (χ0) is 21.5. The first-order valence-corrected chi connectivity index (χ1v) is 11.5. The van der Waals surface area contributed by atoms with Crippen LogP contribution in [0.25, 0.3) is 33.4 Å². The van der Waals surface area contributed by atoms with Crippen LogP contribution in [-0.2, 0) is 10.0 Å². The smallest absolute Gasteiger partial charge is 0.233 e. The number of sulfonamides is 1. The molecule has 10 heteroatoms. The molecule has 4 rings (SSSR count). The molecule has 3 heterocycles. The van der Waals surface area contributed by atoms with Crippen molar-refractivity contribution in [1.29, 1.82) is 0 Å². The number of hydrogen-bond acceptors (Lipinski definition) is 7. The summed E-state index contributed by atoms with van der Waals surface area (Å²) in [5, 5.41) is 0.667. The number of halogens is 1. The minimum atomic E-state index is -3.39. The summed E-state index contributed by atoms with van der Waals surface area (Å²) in [6.45, 7) is 0. The Morgan fingerprint density at radius 1 is 1.03 bits per heavy atom. The van der Waals surface area contributed by atoms with E-state index in [4.69, 9.17) is 5.73 Å². The largest absolute Gasteiger partial charge is 0.383 e. The third kappa shape index (κ3) is 3.83. The molecule has 8 nitrogen and oxygen atoms in total. The summed E-state index contributed by atoms with van der Waals surface area (Å²) in [6.07, 6.45) is 4.09. The van der Waals surface area contributed by atoms with Crippen molar-refractivity contribution in [2.75, 3.05) is 23.3 Å². The Morgan fingerprint density at radius 2 is 1.83 bits per heavy atom. The van der Waals surface area contributed by atoms with Gasteiger partial charge in [0.15, 0.2) is 5.65 Å². The lowest BCUT2D eigenvalue weighted by atomic mass is 10.0. The number of anilines is 2. The summed E-state index contributed by atoms with van der Waals surface area (Å²) < 4.78 is 25.5. The summed E-state index contributed by atoms with van der Waals surface area (Å²) in [6, 6.07) is 13.1. The topological polar surface area (TPSA) is 115 Å². The molecule has 0 aliphatic rings. The number of rotatable bonds is 4. The van der Waals surface area contributed by atoms with Gasteiger partial charge in [0.25, 0.3) is 0 Å². The zero-order valence-corrected chi connectivity index (χ0v) is 18.5. The minimum Gasteiger partial charge on any atom is -0.383 e. The van der Waals surface area contributed by atoms with Crippen LogP contribution in [0.15, 0.2) is 59.5 Å². The highest BCUT2D eigenvalue weighted by molar-refractivity contribution is 9.10. The van der Waals surface area contributed by atoms with Crippen molar-refractivity contribution >= 4 is 48.6 Å². The monoisotopic (exact) mass is 484 g/mol. The predicted molar refractivity (Wildman–Crippen MR) is 121 cm³/mol. The van der Waals surface area contributed by atoms with Crippen molar-refractivity contribution in [3.05, 3.63) is 59.5 Å². The van der Waals surface area contributed by atoms with Crippen LogP contribution in [-0.4, -0.2) is 41.7 Å². The normalized spacial score (nSPS) is 11.6. The maximum atomic E-state index is 11.7. The van der Waals surface area contributed by atoms with E-state index in [9.17, 15) is 8.42 Å². The van der Waals surface area contributed by atoms with Gasteiger partial charge in [-0.2, -0.15) is 0 Å². The molecular weight excluding hydrogens is 468 g/mol. The van der Waals surface area contributed by atoms with Crippen LogP contribution in [0, 0.1) is 0 Å². The second-order valence-corrected chi connectivity index (χ2v) is 9.59. The van der Waals surface area contributed by atoms with E-state index in [2.05, 4.69) is 35.9 Å². The quantitative estimate of drug-likeness (QED) is 0.471. The summed E-state index contributed by atoms with van der Waals surface area (Å²) >= 11 is 3.50. The Morgan fingerprint density at radius 3 is 2.50 bits per heavy atom. The van der Waals surface area contributed by atoms with Crippen molar-refractivity contribution in [1.82, 2.24) is 19.9 Å². The number of aromatic nitrogens is 4. The molecule has 2 N–H and O–H groups in total. The first-order valence-electron chi connectivity index (χ1n) is 8.81. The second kappa shape index (κ2) is 7.62. The molecule has 0 atom stereocenters. The van der Waals surface area contributed by atoms with Gasteiger partial charge in [0, 0.05) is 23.3 Å². The standard InChI is InChI=1S/C20H17BrN6O2S/c1-27(30(2,28)29)17-7-6-13(10-23-17)16-9-15(12-4-3-5-14(21)8-12)18-19(22)24-11-25-20(18)26-16/h3-11H,1-2H3,(H2,22,24,25,26). The van der Waals surface area contributed by atoms with Gasteiger partial charge in [0.1, 0.15) is 18.0 Å². The third-order valence-corrected chi connectivity index (χ3v) is 6.31. The molecule has 30 heavy (non-hydrogen) atoms. The van der Waals surface area contributed by atoms with Gasteiger partial charge in [-0.15, -0.1) is 0 Å². The molecule has 0 saturated carbocycles. The van der Waals surface area contributed by atoms with Gasteiger partial charge in [-0.3, -0.25) is 4.31 Å². The van der Waals surface area contributed by atoms with Gasteiger partial charge in [-0.25, -0.2) is 28.4 Å². The van der Waals surface area contributed by atoms with Gasteiger partial charge in [0.05, 0.1) is 17.3 Å². The number of nitrogen functional groups attached to an aromatic ring is 1. The molecule has 0 radical (unpaired) electrons. The molecule has 3 aromatic heterocycles. The maximum Gasteiger partial charge on any atom is 0.233 e. The highest BCUT2D eigenvalue weighted by Crippen LogP contribution is 2.34. The maximum absolute atomic E-state index is 11.7. The molecular formula is C20H17BrN6O2S. The van der Waals surface area contributed by atoms with Crippen molar-refractivity contribution in [3.8, 4) is 22.4 Å².